The molecule has 1 N–H and O–H groups in total. The normalized spacial score (nSPS) is 13.9. The fraction of sp³-hybridized carbons (Fsp3) is 0.750. The molecular weight excluding hydrogens is 124 g/mol. The van der Waals surface area contributed by atoms with Gasteiger partial charge in [-0.3, -0.25) is 10.1 Å². The summed E-state index contributed by atoms with van der Waals surface area (Å²) in [4.78, 5) is 9.44. The van der Waals surface area contributed by atoms with Crippen LogP contribution in [0.3, 0.4) is 0 Å². The van der Waals surface area contributed by atoms with E-state index in [-0.39, 0.29) is 6.42 Å². The first-order valence-corrected chi connectivity index (χ1v) is 2.48. The van der Waals surface area contributed by atoms with Gasteiger partial charge in [0.15, 0.2) is 0 Å². The van der Waals surface area contributed by atoms with Gasteiger partial charge in [-0.05, 0) is 0 Å². The third kappa shape index (κ3) is 3.45. The topological polar surface area (TPSA) is 75.7 Å². The second-order valence-corrected chi connectivity index (χ2v) is 1.67. The van der Waals surface area contributed by atoms with Gasteiger partial charge in [-0.25, -0.2) is 0 Å². The zero-order chi connectivity index (χ0) is 7.28. The van der Waals surface area contributed by atoms with Crippen LogP contribution in [0.15, 0.2) is 5.16 Å². The zero-order valence-corrected chi connectivity index (χ0v) is 5.02. The van der Waals surface area contributed by atoms with Gasteiger partial charge >= 0.3 is 0 Å². The lowest BCUT2D eigenvalue weighted by atomic mass is 10.3. The lowest BCUT2D eigenvalue weighted by molar-refractivity contribution is -0.516. The van der Waals surface area contributed by atoms with Crippen LogP contribution in [-0.2, 0) is 0 Å². The molecular formula is C4H8N2O3. The summed E-state index contributed by atoms with van der Waals surface area (Å²) in [5, 5.41) is 20.3. The standard InChI is InChI=1S/C4H8N2O3/c1-4(6(8)9)2-3-5-7/h3-4,7H,2H2,1H3/b5-3+. The Kier molecular flexibility index (Phi) is 3.34. The molecule has 0 aliphatic heterocycles. The highest BCUT2D eigenvalue weighted by Gasteiger charge is 2.09. The first kappa shape index (κ1) is 7.87. The molecule has 0 rings (SSSR count). The molecule has 0 radical (unpaired) electrons. The van der Waals surface area contributed by atoms with Crippen LogP contribution in [-0.4, -0.2) is 22.4 Å². The fourth-order valence-corrected chi connectivity index (χ4v) is 0.286. The third-order valence-electron chi connectivity index (χ3n) is 0.888. The summed E-state index contributed by atoms with van der Waals surface area (Å²) in [6, 6.07) is -0.666. The Morgan fingerprint density at radius 2 is 2.56 bits per heavy atom. The largest absolute Gasteiger partial charge is 0.411 e. The quantitative estimate of drug-likeness (QED) is 0.263. The van der Waals surface area contributed by atoms with Crippen LogP contribution < -0.4 is 0 Å². The summed E-state index contributed by atoms with van der Waals surface area (Å²) >= 11 is 0. The average molecular weight is 132 g/mol. The van der Waals surface area contributed by atoms with Gasteiger partial charge in [0.2, 0.25) is 6.04 Å². The molecule has 9 heavy (non-hydrogen) atoms. The third-order valence-corrected chi connectivity index (χ3v) is 0.888. The van der Waals surface area contributed by atoms with Gasteiger partial charge in [-0.1, -0.05) is 0 Å². The Hall–Kier alpha value is -1.13. The smallest absolute Gasteiger partial charge is 0.215 e. The second kappa shape index (κ2) is 3.82. The van der Waals surface area contributed by atoms with Crippen LogP contribution in [0.1, 0.15) is 13.3 Å². The van der Waals surface area contributed by atoms with Gasteiger partial charge in [0, 0.05) is 11.8 Å². The van der Waals surface area contributed by atoms with E-state index in [1.807, 2.05) is 0 Å². The van der Waals surface area contributed by atoms with Gasteiger partial charge in [-0.15, -0.1) is 5.16 Å². The molecule has 0 fully saturated rings. The van der Waals surface area contributed by atoms with Gasteiger partial charge in [0.05, 0.1) is 12.6 Å². The zero-order valence-electron chi connectivity index (χ0n) is 5.02. The minimum absolute atomic E-state index is 0.170. The average Bonchev–Trinajstić information content (AvgIpc) is 1.82. The van der Waals surface area contributed by atoms with Crippen LogP contribution in [0.2, 0.25) is 0 Å². The van der Waals surface area contributed by atoms with Crippen molar-refractivity contribution in [2.45, 2.75) is 19.4 Å². The Balaban J connectivity index is 3.50. The van der Waals surface area contributed by atoms with E-state index in [1.54, 1.807) is 0 Å². The summed E-state index contributed by atoms with van der Waals surface area (Å²) in [6.45, 7) is 1.45. The molecule has 0 saturated carbocycles. The molecule has 0 heterocycles. The summed E-state index contributed by atoms with van der Waals surface area (Å²) in [5.41, 5.74) is 0. The molecule has 1 unspecified atom stereocenters. The van der Waals surface area contributed by atoms with Gasteiger partial charge in [-0.2, -0.15) is 0 Å². The van der Waals surface area contributed by atoms with Gasteiger partial charge < -0.3 is 5.21 Å². The maximum Gasteiger partial charge on any atom is 0.215 e. The highest BCUT2D eigenvalue weighted by atomic mass is 16.6. The molecule has 0 aliphatic rings. The van der Waals surface area contributed by atoms with E-state index < -0.39 is 11.0 Å². The predicted molar refractivity (Wildman–Crippen MR) is 31.4 cm³/mol. The van der Waals surface area contributed by atoms with E-state index in [0.29, 0.717) is 0 Å². The van der Waals surface area contributed by atoms with Crippen molar-refractivity contribution in [1.29, 1.82) is 0 Å². The summed E-state index contributed by atoms with van der Waals surface area (Å²) in [6.07, 6.45) is 1.27. The monoisotopic (exact) mass is 132 g/mol. The SMILES string of the molecule is CC(C/C=N/O)[N+](=O)[O-]. The molecule has 5 heteroatoms. The van der Waals surface area contributed by atoms with Crippen molar-refractivity contribution in [3.63, 3.8) is 0 Å². The van der Waals surface area contributed by atoms with E-state index in [1.165, 1.54) is 6.92 Å². The van der Waals surface area contributed by atoms with Gasteiger partial charge in [0.1, 0.15) is 0 Å². The number of hydrogen-bond acceptors (Lipinski definition) is 4. The first-order chi connectivity index (χ1) is 4.18. The van der Waals surface area contributed by atoms with Crippen molar-refractivity contribution < 1.29 is 10.1 Å². The van der Waals surface area contributed by atoms with Crippen molar-refractivity contribution in [1.82, 2.24) is 0 Å². The maximum absolute atomic E-state index is 9.87. The van der Waals surface area contributed by atoms with E-state index in [0.717, 1.165) is 6.21 Å². The Morgan fingerprint density at radius 3 is 2.89 bits per heavy atom. The first-order valence-electron chi connectivity index (χ1n) is 2.48. The Bertz CT molecular complexity index is 123. The van der Waals surface area contributed by atoms with Crippen LogP contribution >= 0.6 is 0 Å². The number of nitrogens with zero attached hydrogens (tertiary/aromatic N) is 2. The fourth-order valence-electron chi connectivity index (χ4n) is 0.286. The molecule has 0 aromatic heterocycles. The molecule has 0 aliphatic carbocycles. The van der Waals surface area contributed by atoms with E-state index in [4.69, 9.17) is 5.21 Å². The van der Waals surface area contributed by atoms with Crippen molar-refractivity contribution in [2.24, 2.45) is 5.16 Å². The lowest BCUT2D eigenvalue weighted by Gasteiger charge is -1.95. The molecule has 0 aromatic rings. The van der Waals surface area contributed by atoms with E-state index >= 15 is 0 Å². The van der Waals surface area contributed by atoms with Gasteiger partial charge in [0.25, 0.3) is 0 Å². The van der Waals surface area contributed by atoms with Crippen molar-refractivity contribution in [2.75, 3.05) is 0 Å². The van der Waals surface area contributed by atoms with Crippen LogP contribution in [0.25, 0.3) is 0 Å². The minimum atomic E-state index is -0.666. The highest BCUT2D eigenvalue weighted by Crippen LogP contribution is 1.90. The molecule has 52 valence electrons. The second-order valence-electron chi connectivity index (χ2n) is 1.67. The van der Waals surface area contributed by atoms with Crippen LogP contribution in [0.4, 0.5) is 0 Å². The summed E-state index contributed by atoms with van der Waals surface area (Å²) in [5.74, 6) is 0. The van der Waals surface area contributed by atoms with E-state index in [9.17, 15) is 10.1 Å². The molecule has 0 amide bonds. The van der Waals surface area contributed by atoms with Crippen molar-refractivity contribution in [3.05, 3.63) is 10.1 Å². The molecule has 0 bridgehead atoms. The molecule has 5 nitrogen and oxygen atoms in total. The van der Waals surface area contributed by atoms with Crippen molar-refractivity contribution >= 4 is 6.21 Å². The van der Waals surface area contributed by atoms with E-state index in [2.05, 4.69) is 5.16 Å². The number of nitro groups is 1. The lowest BCUT2D eigenvalue weighted by Crippen LogP contribution is -2.14. The predicted octanol–water partition coefficient (Wildman–Crippen LogP) is 0.502. The molecule has 0 saturated heterocycles. The van der Waals surface area contributed by atoms with Crippen LogP contribution in [0, 0.1) is 10.1 Å². The maximum atomic E-state index is 9.87. The highest BCUT2D eigenvalue weighted by molar-refractivity contribution is 5.56. The van der Waals surface area contributed by atoms with Crippen molar-refractivity contribution in [3.8, 4) is 0 Å². The molecule has 1 atom stereocenters. The minimum Gasteiger partial charge on any atom is -0.411 e. The Labute approximate surface area is 52.1 Å². The Morgan fingerprint density at radius 1 is 2.00 bits per heavy atom. The summed E-state index contributed by atoms with van der Waals surface area (Å²) < 4.78 is 0. The number of hydrogen-bond donors (Lipinski definition) is 1. The summed E-state index contributed by atoms with van der Waals surface area (Å²) in [7, 11) is 0. The molecule has 0 spiro atoms. The number of oxime groups is 1. The van der Waals surface area contributed by atoms with Crippen LogP contribution in [0.5, 0.6) is 0 Å². The molecule has 0 aromatic carbocycles. The number of rotatable bonds is 3.